The van der Waals surface area contributed by atoms with Gasteiger partial charge in [0.1, 0.15) is 6.73 Å². The molecule has 4 nitrogen and oxygen atoms in total. The normalized spacial score (nSPS) is 11.5. The summed E-state index contributed by atoms with van der Waals surface area (Å²) in [4.78, 5) is 15.0. The van der Waals surface area contributed by atoms with Gasteiger partial charge in [-0.15, -0.1) is 12.4 Å². The van der Waals surface area contributed by atoms with E-state index < -0.39 is 11.6 Å². The van der Waals surface area contributed by atoms with Gasteiger partial charge < -0.3 is 9.84 Å². The van der Waals surface area contributed by atoms with E-state index in [1.165, 1.54) is 0 Å². The first-order chi connectivity index (χ1) is 11.9. The predicted molar refractivity (Wildman–Crippen MR) is 106 cm³/mol. The van der Waals surface area contributed by atoms with E-state index in [9.17, 15) is 9.90 Å². The lowest BCUT2D eigenvalue weighted by molar-refractivity contribution is -0.168. The van der Waals surface area contributed by atoms with Crippen molar-refractivity contribution in [1.82, 2.24) is 4.90 Å². The first kappa shape index (κ1) is 22.2. The minimum Gasteiger partial charge on any atom is -0.447 e. The summed E-state index contributed by atoms with van der Waals surface area (Å²) in [6, 6.07) is 18.3. The van der Waals surface area contributed by atoms with Gasteiger partial charge in [0.15, 0.2) is 0 Å². The second-order valence-electron chi connectivity index (χ2n) is 6.71. The van der Waals surface area contributed by atoms with Crippen LogP contribution in [0.5, 0.6) is 0 Å². The maximum absolute atomic E-state index is 12.9. The summed E-state index contributed by atoms with van der Waals surface area (Å²) in [5.74, 6) is -0.670. The van der Waals surface area contributed by atoms with Crippen LogP contribution in [0.3, 0.4) is 0 Å². The van der Waals surface area contributed by atoms with Gasteiger partial charge in [-0.1, -0.05) is 60.7 Å². The Balaban J connectivity index is 0.00000338. The zero-order valence-corrected chi connectivity index (χ0v) is 16.6. The van der Waals surface area contributed by atoms with Crippen LogP contribution in [0.4, 0.5) is 0 Å². The number of halogens is 1. The van der Waals surface area contributed by atoms with E-state index >= 15 is 0 Å². The fraction of sp³-hybridized carbons (Fsp3) is 0.381. The summed E-state index contributed by atoms with van der Waals surface area (Å²) in [5, 5.41) is 11.3. The lowest BCUT2D eigenvalue weighted by atomic mass is 9.86. The molecular formula is C21H28ClNO3. The number of carbonyl (C=O) groups excluding carboxylic acids is 1. The maximum atomic E-state index is 12.9. The number of aliphatic hydroxyl groups is 1. The molecule has 142 valence electrons. The predicted octanol–water partition coefficient (Wildman–Crippen LogP) is 3.96. The molecule has 0 saturated carbocycles. The Kier molecular flexibility index (Phi) is 8.28. The summed E-state index contributed by atoms with van der Waals surface area (Å²) in [6.07, 6.45) is 0. The smallest absolute Gasteiger partial charge is 0.349 e. The molecule has 0 amide bonds. The minimum absolute atomic E-state index is 0. The van der Waals surface area contributed by atoms with Gasteiger partial charge in [0.2, 0.25) is 5.60 Å². The molecule has 0 heterocycles. The molecule has 0 unspecified atom stereocenters. The van der Waals surface area contributed by atoms with Gasteiger partial charge in [-0.05, 0) is 38.8 Å². The monoisotopic (exact) mass is 377 g/mol. The van der Waals surface area contributed by atoms with E-state index in [-0.39, 0.29) is 31.2 Å². The number of hydrogen-bond acceptors (Lipinski definition) is 4. The lowest BCUT2D eigenvalue weighted by Crippen LogP contribution is -2.44. The third-order valence-electron chi connectivity index (χ3n) is 4.35. The molecule has 0 aromatic heterocycles. The standard InChI is InChI=1S/C21H27NO3.ClH/c1-16(2)22(17(3)4)15-25-20(23)21(24,18-11-7-5-8-12-18)19-13-9-6-10-14-19;/h5-14,16-17,24H,15H2,1-4H3;1H. The molecule has 0 atom stereocenters. The summed E-state index contributed by atoms with van der Waals surface area (Å²) in [7, 11) is 0. The van der Waals surface area contributed by atoms with Crippen LogP contribution in [0.2, 0.25) is 0 Å². The summed E-state index contributed by atoms with van der Waals surface area (Å²) < 4.78 is 5.54. The van der Waals surface area contributed by atoms with Crippen LogP contribution in [-0.2, 0) is 15.1 Å². The van der Waals surface area contributed by atoms with Crippen molar-refractivity contribution in [3.63, 3.8) is 0 Å². The van der Waals surface area contributed by atoms with Gasteiger partial charge >= 0.3 is 5.97 Å². The quantitative estimate of drug-likeness (QED) is 0.586. The molecule has 0 saturated heterocycles. The molecule has 0 spiro atoms. The van der Waals surface area contributed by atoms with Crippen molar-refractivity contribution in [3.05, 3.63) is 71.8 Å². The third-order valence-corrected chi connectivity index (χ3v) is 4.35. The van der Waals surface area contributed by atoms with Crippen molar-refractivity contribution in [2.24, 2.45) is 0 Å². The Morgan fingerprint density at radius 2 is 1.31 bits per heavy atom. The van der Waals surface area contributed by atoms with Crippen LogP contribution in [0.1, 0.15) is 38.8 Å². The highest BCUT2D eigenvalue weighted by Crippen LogP contribution is 2.31. The number of nitrogens with zero attached hydrogens (tertiary/aromatic N) is 1. The Morgan fingerprint density at radius 3 is 1.65 bits per heavy atom. The van der Waals surface area contributed by atoms with E-state index in [4.69, 9.17) is 4.74 Å². The molecule has 0 aliphatic carbocycles. The second-order valence-corrected chi connectivity index (χ2v) is 6.71. The summed E-state index contributed by atoms with van der Waals surface area (Å²) in [6.45, 7) is 8.34. The largest absolute Gasteiger partial charge is 0.447 e. The molecule has 26 heavy (non-hydrogen) atoms. The van der Waals surface area contributed by atoms with E-state index in [1.807, 2.05) is 17.0 Å². The van der Waals surface area contributed by atoms with Crippen molar-refractivity contribution in [1.29, 1.82) is 0 Å². The lowest BCUT2D eigenvalue weighted by Gasteiger charge is -2.32. The summed E-state index contributed by atoms with van der Waals surface area (Å²) >= 11 is 0. The molecule has 2 aromatic carbocycles. The van der Waals surface area contributed by atoms with E-state index in [0.29, 0.717) is 11.1 Å². The molecule has 0 fully saturated rings. The van der Waals surface area contributed by atoms with Crippen LogP contribution < -0.4 is 0 Å². The zero-order valence-electron chi connectivity index (χ0n) is 15.8. The van der Waals surface area contributed by atoms with Crippen molar-refractivity contribution < 1.29 is 14.6 Å². The molecule has 0 bridgehead atoms. The Labute approximate surface area is 162 Å². The van der Waals surface area contributed by atoms with Crippen molar-refractivity contribution >= 4 is 18.4 Å². The van der Waals surface area contributed by atoms with E-state index in [0.717, 1.165) is 0 Å². The number of esters is 1. The highest BCUT2D eigenvalue weighted by molar-refractivity contribution is 5.85. The number of hydrogen-bond donors (Lipinski definition) is 1. The van der Waals surface area contributed by atoms with Crippen molar-refractivity contribution in [2.45, 2.75) is 45.4 Å². The topological polar surface area (TPSA) is 49.8 Å². The van der Waals surface area contributed by atoms with Gasteiger partial charge in [0, 0.05) is 12.1 Å². The van der Waals surface area contributed by atoms with E-state index in [2.05, 4.69) is 27.7 Å². The fourth-order valence-electron chi connectivity index (χ4n) is 2.89. The molecule has 1 N–H and O–H groups in total. The first-order valence-corrected chi connectivity index (χ1v) is 8.63. The SMILES string of the molecule is CC(C)N(COC(=O)C(O)(c1ccccc1)c1ccccc1)C(C)C.Cl. The molecule has 0 radical (unpaired) electrons. The Morgan fingerprint density at radius 1 is 0.923 bits per heavy atom. The van der Waals surface area contributed by atoms with E-state index in [1.54, 1.807) is 48.5 Å². The van der Waals surface area contributed by atoms with Crippen LogP contribution in [0, 0.1) is 0 Å². The average molecular weight is 378 g/mol. The van der Waals surface area contributed by atoms with Gasteiger partial charge in [0.05, 0.1) is 0 Å². The Hall–Kier alpha value is -1.88. The van der Waals surface area contributed by atoms with Crippen molar-refractivity contribution in [3.8, 4) is 0 Å². The van der Waals surface area contributed by atoms with Gasteiger partial charge in [0.25, 0.3) is 0 Å². The second kappa shape index (κ2) is 9.72. The van der Waals surface area contributed by atoms with Crippen molar-refractivity contribution in [2.75, 3.05) is 6.73 Å². The molecule has 2 rings (SSSR count). The van der Waals surface area contributed by atoms with Gasteiger partial charge in [-0.3, -0.25) is 4.90 Å². The fourth-order valence-corrected chi connectivity index (χ4v) is 2.89. The van der Waals surface area contributed by atoms with Gasteiger partial charge in [-0.2, -0.15) is 0 Å². The van der Waals surface area contributed by atoms with Gasteiger partial charge in [-0.25, -0.2) is 4.79 Å². The van der Waals surface area contributed by atoms with Crippen LogP contribution >= 0.6 is 12.4 Å². The maximum Gasteiger partial charge on any atom is 0.349 e. The first-order valence-electron chi connectivity index (χ1n) is 8.63. The third kappa shape index (κ3) is 4.85. The molecule has 0 aliphatic heterocycles. The molecular weight excluding hydrogens is 350 g/mol. The van der Waals surface area contributed by atoms with Crippen LogP contribution in [0.15, 0.2) is 60.7 Å². The number of rotatable bonds is 7. The Bertz CT molecular complexity index is 627. The highest BCUT2D eigenvalue weighted by atomic mass is 35.5. The molecule has 0 aliphatic rings. The van der Waals surface area contributed by atoms with Crippen LogP contribution in [-0.4, -0.2) is 34.8 Å². The highest BCUT2D eigenvalue weighted by Gasteiger charge is 2.41. The zero-order chi connectivity index (χ0) is 18.4. The summed E-state index contributed by atoms with van der Waals surface area (Å²) in [5.41, 5.74) is -0.846. The van der Waals surface area contributed by atoms with Crippen LogP contribution in [0.25, 0.3) is 0 Å². The average Bonchev–Trinajstić information content (AvgIpc) is 2.61. The number of carbonyl (C=O) groups is 1. The minimum atomic E-state index is -1.83. The number of ether oxygens (including phenoxy) is 1. The molecule has 5 heteroatoms. The molecule has 2 aromatic rings. The number of benzene rings is 2.